The van der Waals surface area contributed by atoms with E-state index in [-0.39, 0.29) is 29.7 Å². The van der Waals surface area contributed by atoms with E-state index in [4.69, 9.17) is 0 Å². The monoisotopic (exact) mass is 513 g/mol. The van der Waals surface area contributed by atoms with Gasteiger partial charge in [0.15, 0.2) is 0 Å². The van der Waals surface area contributed by atoms with Gasteiger partial charge >= 0.3 is 12.1 Å². The van der Waals surface area contributed by atoms with Crippen LogP contribution in [0.2, 0.25) is 0 Å². The molecule has 3 rings (SSSR count). The van der Waals surface area contributed by atoms with Crippen molar-refractivity contribution in [1.29, 1.82) is 5.26 Å². The maximum atomic E-state index is 13.2. The summed E-state index contributed by atoms with van der Waals surface area (Å²) in [5.41, 5.74) is -1.49. The van der Waals surface area contributed by atoms with Crippen LogP contribution in [0.5, 0.6) is 0 Å². The molecule has 1 heterocycles. The number of halogens is 3. The Bertz CT molecular complexity index is 960. The average Bonchev–Trinajstić information content (AvgIpc) is 3.64. The third kappa shape index (κ3) is 6.89. The second-order valence-corrected chi connectivity index (χ2v) is 11.9. The van der Waals surface area contributed by atoms with Crippen LogP contribution in [0.3, 0.4) is 0 Å². The van der Waals surface area contributed by atoms with Crippen LogP contribution < -0.4 is 21.3 Å². The van der Waals surface area contributed by atoms with E-state index in [1.807, 2.05) is 13.0 Å². The van der Waals surface area contributed by atoms with Gasteiger partial charge in [-0.2, -0.15) is 18.4 Å². The van der Waals surface area contributed by atoms with Crippen LogP contribution in [-0.4, -0.2) is 53.5 Å². The summed E-state index contributed by atoms with van der Waals surface area (Å²) in [4.78, 5) is 50.0. The van der Waals surface area contributed by atoms with Gasteiger partial charge in [0.05, 0.1) is 6.07 Å². The number of hydrogen-bond acceptors (Lipinski definition) is 5. The highest BCUT2D eigenvalue weighted by molar-refractivity contribution is 5.93. The zero-order chi connectivity index (χ0) is 27.1. The SMILES string of the molecule is CC1(CC(NC(=O)C(NC(=O)C(F)(F)F)C(C)(C)C)C(=O)NC(C#N)CC2CC3(CC3)NC2=O)CC1. The Balaban J connectivity index is 1.69. The van der Waals surface area contributed by atoms with Crippen molar-refractivity contribution in [3.8, 4) is 6.07 Å². The van der Waals surface area contributed by atoms with Gasteiger partial charge in [-0.25, -0.2) is 0 Å². The maximum absolute atomic E-state index is 13.2. The Morgan fingerprint density at radius 3 is 2.14 bits per heavy atom. The van der Waals surface area contributed by atoms with Gasteiger partial charge in [-0.05, 0) is 55.8 Å². The fraction of sp³-hybridized carbons (Fsp3) is 0.792. The van der Waals surface area contributed by atoms with Crippen LogP contribution in [0.1, 0.15) is 72.6 Å². The highest BCUT2D eigenvalue weighted by atomic mass is 19.4. The molecule has 36 heavy (non-hydrogen) atoms. The predicted octanol–water partition coefficient (Wildman–Crippen LogP) is 1.82. The molecule has 0 aromatic rings. The van der Waals surface area contributed by atoms with Crippen molar-refractivity contribution in [3.63, 3.8) is 0 Å². The van der Waals surface area contributed by atoms with Gasteiger partial charge in [-0.1, -0.05) is 27.7 Å². The number of carbonyl (C=O) groups excluding carboxylic acids is 4. The highest BCUT2D eigenvalue weighted by Crippen LogP contribution is 2.49. The van der Waals surface area contributed by atoms with E-state index < -0.39 is 53.4 Å². The minimum atomic E-state index is -5.17. The van der Waals surface area contributed by atoms with Crippen LogP contribution in [0, 0.1) is 28.1 Å². The van der Waals surface area contributed by atoms with E-state index in [9.17, 15) is 37.6 Å². The van der Waals surface area contributed by atoms with E-state index >= 15 is 0 Å². The summed E-state index contributed by atoms with van der Waals surface area (Å²) in [6.07, 6.45) is -0.813. The van der Waals surface area contributed by atoms with Crippen LogP contribution in [0.15, 0.2) is 0 Å². The van der Waals surface area contributed by atoms with Crippen molar-refractivity contribution >= 4 is 23.6 Å². The van der Waals surface area contributed by atoms with Gasteiger partial charge in [-0.3, -0.25) is 19.2 Å². The van der Waals surface area contributed by atoms with Crippen molar-refractivity contribution in [3.05, 3.63) is 0 Å². The first-order valence-electron chi connectivity index (χ1n) is 12.2. The Hall–Kier alpha value is -2.84. The molecule has 200 valence electrons. The van der Waals surface area contributed by atoms with E-state index in [0.29, 0.717) is 6.42 Å². The molecule has 0 radical (unpaired) electrons. The second-order valence-electron chi connectivity index (χ2n) is 11.9. The summed E-state index contributed by atoms with van der Waals surface area (Å²) >= 11 is 0. The molecule has 0 aromatic carbocycles. The van der Waals surface area contributed by atoms with Crippen molar-refractivity contribution in [2.45, 2.75) is 102 Å². The molecule has 1 saturated heterocycles. The number of rotatable bonds is 9. The summed E-state index contributed by atoms with van der Waals surface area (Å²) in [5.74, 6) is -4.39. The van der Waals surface area contributed by atoms with Crippen molar-refractivity contribution < 1.29 is 32.3 Å². The molecule has 3 aliphatic rings. The fourth-order valence-corrected chi connectivity index (χ4v) is 4.61. The number of nitrogens with one attached hydrogen (secondary N) is 4. The highest BCUT2D eigenvalue weighted by Gasteiger charge is 2.52. The molecule has 4 N–H and O–H groups in total. The molecular formula is C24H34F3N5O4. The first-order chi connectivity index (χ1) is 16.5. The molecule has 4 amide bonds. The summed E-state index contributed by atoms with van der Waals surface area (Å²) in [7, 11) is 0. The fourth-order valence-electron chi connectivity index (χ4n) is 4.61. The largest absolute Gasteiger partial charge is 0.471 e. The van der Waals surface area contributed by atoms with Crippen LogP contribution >= 0.6 is 0 Å². The standard InChI is InChI=1S/C24H34F3N5O4/c1-21(2,3)16(31-20(36)24(25,26)27)19(35)30-15(11-22(4)5-6-22)18(34)29-14(12-28)9-13-10-23(7-8-23)32-17(13)33/h13-16H,5-11H2,1-4H3,(H,29,34)(H,30,35)(H,31,36)(H,32,33). The third-order valence-corrected chi connectivity index (χ3v) is 7.34. The quantitative estimate of drug-likeness (QED) is 0.372. The second kappa shape index (κ2) is 9.56. The van der Waals surface area contributed by atoms with Gasteiger partial charge in [-0.15, -0.1) is 0 Å². The number of hydrogen-bond donors (Lipinski definition) is 4. The molecule has 9 nitrogen and oxygen atoms in total. The number of amides is 4. The molecular weight excluding hydrogens is 479 g/mol. The van der Waals surface area contributed by atoms with Gasteiger partial charge in [0.2, 0.25) is 17.7 Å². The molecule has 1 aliphatic heterocycles. The molecule has 2 aliphatic carbocycles. The lowest BCUT2D eigenvalue weighted by Gasteiger charge is -2.32. The third-order valence-electron chi connectivity index (χ3n) is 7.34. The number of carbonyl (C=O) groups is 4. The summed E-state index contributed by atoms with van der Waals surface area (Å²) in [6.45, 7) is 6.41. The summed E-state index contributed by atoms with van der Waals surface area (Å²) in [5, 5.41) is 19.4. The topological polar surface area (TPSA) is 140 Å². The summed E-state index contributed by atoms with van der Waals surface area (Å²) < 4.78 is 38.5. The average molecular weight is 514 g/mol. The number of alkyl halides is 3. The zero-order valence-corrected chi connectivity index (χ0v) is 21.0. The molecule has 1 spiro atoms. The van der Waals surface area contributed by atoms with Gasteiger partial charge < -0.3 is 21.3 Å². The molecule has 12 heteroatoms. The van der Waals surface area contributed by atoms with Gasteiger partial charge in [0, 0.05) is 11.5 Å². The first kappa shape index (κ1) is 27.7. The van der Waals surface area contributed by atoms with Crippen LogP contribution in [0.25, 0.3) is 0 Å². The molecule has 0 aromatic heterocycles. The maximum Gasteiger partial charge on any atom is 0.471 e. The Kier molecular flexibility index (Phi) is 7.37. The molecule has 4 unspecified atom stereocenters. The Labute approximate surface area is 208 Å². The van der Waals surface area contributed by atoms with E-state index in [1.54, 1.807) is 5.32 Å². The van der Waals surface area contributed by atoms with Gasteiger partial charge in [0.25, 0.3) is 0 Å². The minimum Gasteiger partial charge on any atom is -0.350 e. The van der Waals surface area contributed by atoms with E-state index in [2.05, 4.69) is 16.0 Å². The van der Waals surface area contributed by atoms with Gasteiger partial charge in [0.1, 0.15) is 18.1 Å². The van der Waals surface area contributed by atoms with Crippen molar-refractivity contribution in [1.82, 2.24) is 21.3 Å². The van der Waals surface area contributed by atoms with E-state index in [0.717, 1.165) is 25.7 Å². The minimum absolute atomic E-state index is 0.125. The molecule has 2 saturated carbocycles. The first-order valence-corrected chi connectivity index (χ1v) is 12.2. The Morgan fingerprint density at radius 2 is 1.69 bits per heavy atom. The molecule has 0 bridgehead atoms. The predicted molar refractivity (Wildman–Crippen MR) is 122 cm³/mol. The smallest absolute Gasteiger partial charge is 0.350 e. The number of nitrogens with zero attached hydrogens (tertiary/aromatic N) is 1. The normalized spacial score (nSPS) is 24.1. The summed E-state index contributed by atoms with van der Waals surface area (Å²) in [6, 6.07) is -1.66. The Morgan fingerprint density at radius 1 is 1.08 bits per heavy atom. The van der Waals surface area contributed by atoms with Crippen molar-refractivity contribution in [2.75, 3.05) is 0 Å². The van der Waals surface area contributed by atoms with Crippen LogP contribution in [-0.2, 0) is 19.2 Å². The number of nitriles is 1. The lowest BCUT2D eigenvalue weighted by Crippen LogP contribution is -2.60. The lowest BCUT2D eigenvalue weighted by molar-refractivity contribution is -0.175. The van der Waals surface area contributed by atoms with E-state index in [1.165, 1.54) is 20.8 Å². The molecule has 4 atom stereocenters. The van der Waals surface area contributed by atoms with Crippen molar-refractivity contribution in [2.24, 2.45) is 16.7 Å². The zero-order valence-electron chi connectivity index (χ0n) is 21.0. The molecule has 3 fully saturated rings. The van der Waals surface area contributed by atoms with Crippen LogP contribution in [0.4, 0.5) is 13.2 Å². The lowest BCUT2D eigenvalue weighted by atomic mass is 9.85.